The molecule has 0 atom stereocenters. The first-order valence-corrected chi connectivity index (χ1v) is 31.3. The van der Waals surface area contributed by atoms with Crippen LogP contribution in [0, 0.1) is 0 Å². The molecular formula is C36H30BiP3. The molecular weight excluding hydrogens is 734 g/mol. The van der Waals surface area contributed by atoms with Crippen molar-refractivity contribution in [3.05, 3.63) is 182 Å². The van der Waals surface area contributed by atoms with Gasteiger partial charge in [-0.05, 0) is 0 Å². The molecule has 0 amide bonds. The van der Waals surface area contributed by atoms with Crippen LogP contribution in [0.25, 0.3) is 0 Å². The summed E-state index contributed by atoms with van der Waals surface area (Å²) in [4.78, 5) is 0. The van der Waals surface area contributed by atoms with Gasteiger partial charge < -0.3 is 0 Å². The summed E-state index contributed by atoms with van der Waals surface area (Å²) in [6.45, 7) is 0. The van der Waals surface area contributed by atoms with Crippen molar-refractivity contribution < 1.29 is 0 Å². The van der Waals surface area contributed by atoms with Crippen LogP contribution in [0.4, 0.5) is 0 Å². The van der Waals surface area contributed by atoms with Crippen molar-refractivity contribution in [2.75, 3.05) is 0 Å². The molecule has 0 spiro atoms. The topological polar surface area (TPSA) is 0 Å². The minimum atomic E-state index is -2.73. The first-order valence-electron chi connectivity index (χ1n) is 13.4. The molecule has 0 bridgehead atoms. The van der Waals surface area contributed by atoms with E-state index in [-0.39, 0.29) is 0 Å². The molecule has 0 aromatic heterocycles. The van der Waals surface area contributed by atoms with E-state index in [9.17, 15) is 0 Å². The fourth-order valence-electron chi connectivity index (χ4n) is 4.75. The van der Waals surface area contributed by atoms with Crippen LogP contribution in [-0.2, 0) is 0 Å². The Morgan fingerprint density at radius 1 is 0.225 bits per heavy atom. The molecule has 0 aliphatic rings. The van der Waals surface area contributed by atoms with E-state index in [4.69, 9.17) is 0 Å². The molecule has 4 heteroatoms. The predicted molar refractivity (Wildman–Crippen MR) is 183 cm³/mol. The van der Waals surface area contributed by atoms with Crippen molar-refractivity contribution in [2.45, 2.75) is 0 Å². The molecule has 0 fully saturated rings. The third-order valence-corrected chi connectivity index (χ3v) is 69.3. The molecule has 6 aromatic rings. The standard InChI is InChI=1S/3C12H10P.Bi/c3*1-3-7-11(8-4-1)13-12-9-5-2-6-10-12;/h3*1-10H;/q3*-1;+3. The molecule has 0 aliphatic carbocycles. The normalized spacial score (nSPS) is 11.4. The van der Waals surface area contributed by atoms with Crippen LogP contribution in [0.5, 0.6) is 0 Å². The zero-order chi connectivity index (χ0) is 27.0. The number of hydrogen-bond donors (Lipinski definition) is 0. The van der Waals surface area contributed by atoms with Gasteiger partial charge in [-0.3, -0.25) is 0 Å². The molecule has 6 rings (SSSR count). The average molecular weight is 765 g/mol. The van der Waals surface area contributed by atoms with Crippen LogP contribution in [0.2, 0.25) is 0 Å². The summed E-state index contributed by atoms with van der Waals surface area (Å²) in [5.74, 6) is 0. The zero-order valence-corrected chi connectivity index (χ0v) is 28.3. The van der Waals surface area contributed by atoms with E-state index in [2.05, 4.69) is 182 Å². The maximum atomic E-state index is 2.41. The number of hydrogen-bond acceptors (Lipinski definition) is 0. The second-order valence-corrected chi connectivity index (χ2v) is 49.1. The van der Waals surface area contributed by atoms with Crippen LogP contribution in [0.3, 0.4) is 0 Å². The molecule has 0 unspecified atom stereocenters. The minimum absolute atomic E-state index is 0.526. The van der Waals surface area contributed by atoms with Crippen LogP contribution >= 0.6 is 15.6 Å². The molecule has 0 saturated carbocycles. The summed E-state index contributed by atoms with van der Waals surface area (Å²) in [5.41, 5.74) is 0. The maximum absolute atomic E-state index is 2.73. The van der Waals surface area contributed by atoms with Crippen molar-refractivity contribution in [1.29, 1.82) is 0 Å². The Balaban J connectivity index is 1.69. The van der Waals surface area contributed by atoms with Gasteiger partial charge in [0.25, 0.3) is 0 Å². The van der Waals surface area contributed by atoms with Crippen molar-refractivity contribution in [3.63, 3.8) is 0 Å². The second kappa shape index (κ2) is 13.9. The molecule has 194 valence electrons. The van der Waals surface area contributed by atoms with Crippen molar-refractivity contribution in [2.24, 2.45) is 0 Å². The summed E-state index contributed by atoms with van der Waals surface area (Å²) in [6, 6.07) is 68.9. The summed E-state index contributed by atoms with van der Waals surface area (Å²) >= 11 is -2.73. The molecule has 0 aliphatic heterocycles. The van der Waals surface area contributed by atoms with Gasteiger partial charge in [-0.25, -0.2) is 0 Å². The molecule has 0 N–H and O–H groups in total. The van der Waals surface area contributed by atoms with Crippen LogP contribution in [0.15, 0.2) is 182 Å². The Bertz CT molecular complexity index is 1270. The Morgan fingerprint density at radius 2 is 0.375 bits per heavy atom. The van der Waals surface area contributed by atoms with Crippen molar-refractivity contribution in [3.8, 4) is 0 Å². The third-order valence-electron chi connectivity index (χ3n) is 6.54. The predicted octanol–water partition coefficient (Wildman–Crippen LogP) is 7.37. The van der Waals surface area contributed by atoms with Gasteiger partial charge in [-0.15, -0.1) is 0 Å². The Kier molecular flexibility index (Phi) is 9.61. The molecule has 0 nitrogen and oxygen atoms in total. The van der Waals surface area contributed by atoms with Crippen LogP contribution < -0.4 is 31.8 Å². The Hall–Kier alpha value is -2.51. The van der Waals surface area contributed by atoms with E-state index in [0.717, 1.165) is 0 Å². The van der Waals surface area contributed by atoms with Gasteiger partial charge in [0.05, 0.1) is 0 Å². The summed E-state index contributed by atoms with van der Waals surface area (Å²) in [7, 11) is 0. The molecule has 0 saturated heterocycles. The van der Waals surface area contributed by atoms with Gasteiger partial charge in [0.15, 0.2) is 0 Å². The van der Waals surface area contributed by atoms with Crippen molar-refractivity contribution >= 4 is 67.5 Å². The molecule has 40 heavy (non-hydrogen) atoms. The molecule has 0 radical (unpaired) electrons. The van der Waals surface area contributed by atoms with Gasteiger partial charge in [0.1, 0.15) is 0 Å². The van der Waals surface area contributed by atoms with E-state index in [1.165, 1.54) is 31.8 Å². The quantitative estimate of drug-likeness (QED) is 0.107. The van der Waals surface area contributed by atoms with Crippen LogP contribution in [0.1, 0.15) is 0 Å². The average Bonchev–Trinajstić information content (AvgIpc) is 3.04. The van der Waals surface area contributed by atoms with E-state index in [1.54, 1.807) is 0 Å². The monoisotopic (exact) mass is 764 g/mol. The Morgan fingerprint density at radius 3 is 0.525 bits per heavy atom. The fraction of sp³-hybridized carbons (Fsp3) is 0. The zero-order valence-electron chi connectivity index (χ0n) is 22.1. The molecule has 6 aromatic carbocycles. The van der Waals surface area contributed by atoms with Gasteiger partial charge in [-0.1, -0.05) is 0 Å². The van der Waals surface area contributed by atoms with Gasteiger partial charge in [-0.2, -0.15) is 0 Å². The second-order valence-electron chi connectivity index (χ2n) is 9.22. The third kappa shape index (κ3) is 6.36. The van der Waals surface area contributed by atoms with E-state index in [1.807, 2.05) is 0 Å². The summed E-state index contributed by atoms with van der Waals surface area (Å²) in [5, 5.41) is 7.59. The summed E-state index contributed by atoms with van der Waals surface area (Å²) < 4.78 is 0. The van der Waals surface area contributed by atoms with Gasteiger partial charge in [0, 0.05) is 0 Å². The van der Waals surface area contributed by atoms with E-state index < -0.39 is 35.6 Å². The number of rotatable bonds is 9. The Labute approximate surface area is 247 Å². The van der Waals surface area contributed by atoms with Crippen molar-refractivity contribution in [1.82, 2.24) is 0 Å². The van der Waals surface area contributed by atoms with E-state index in [0.29, 0.717) is 0 Å². The van der Waals surface area contributed by atoms with E-state index >= 15 is 0 Å². The SMILES string of the molecule is c1ccc([P](c2ccccc2)[Bi]([P](c2ccccc2)c2ccccc2)[P](c2ccccc2)c2ccccc2)cc1. The number of benzene rings is 6. The fourth-order valence-corrected chi connectivity index (χ4v) is 86.9. The first-order chi connectivity index (χ1) is 19.9. The van der Waals surface area contributed by atoms with Gasteiger partial charge >= 0.3 is 249 Å². The summed E-state index contributed by atoms with van der Waals surface area (Å²) in [6.07, 6.45) is 0. The molecule has 0 heterocycles. The first kappa shape index (κ1) is 27.7. The van der Waals surface area contributed by atoms with Crippen LogP contribution in [-0.4, -0.2) is 20.0 Å². The van der Waals surface area contributed by atoms with Gasteiger partial charge in [0.2, 0.25) is 0 Å².